The van der Waals surface area contributed by atoms with Gasteiger partial charge in [0.15, 0.2) is 0 Å². The van der Waals surface area contributed by atoms with E-state index in [4.69, 9.17) is 5.11 Å². The van der Waals surface area contributed by atoms with Crippen molar-refractivity contribution in [3.8, 4) is 0 Å². The lowest BCUT2D eigenvalue weighted by molar-refractivity contribution is -0.144. The number of hydrogen-bond donors (Lipinski definition) is 2. The summed E-state index contributed by atoms with van der Waals surface area (Å²) in [6, 6.07) is -0.747. The van der Waals surface area contributed by atoms with Crippen LogP contribution in [0.15, 0.2) is 0 Å². The number of hydrogen-bond acceptors (Lipinski definition) is 2. The van der Waals surface area contributed by atoms with Crippen molar-refractivity contribution in [3.63, 3.8) is 0 Å². The summed E-state index contributed by atoms with van der Waals surface area (Å²) in [6.45, 7) is 3.58. The third-order valence-electron chi connectivity index (χ3n) is 2.71. The Morgan fingerprint density at radius 3 is 2.21 bits per heavy atom. The third kappa shape index (κ3) is 2.47. The minimum atomic E-state index is -0.951. The van der Waals surface area contributed by atoms with Gasteiger partial charge >= 0.3 is 5.97 Å². The SMILES string of the molecule is CC(C)C(NC(=O)C1CCC1)C(=O)O. The summed E-state index contributed by atoms with van der Waals surface area (Å²) in [6.07, 6.45) is 2.88. The third-order valence-corrected chi connectivity index (χ3v) is 2.71. The van der Waals surface area contributed by atoms with Gasteiger partial charge in [-0.3, -0.25) is 4.79 Å². The second-order valence-electron chi connectivity index (χ2n) is 4.20. The highest BCUT2D eigenvalue weighted by Crippen LogP contribution is 2.26. The molecule has 2 N–H and O–H groups in total. The van der Waals surface area contributed by atoms with Gasteiger partial charge in [0, 0.05) is 5.92 Å². The monoisotopic (exact) mass is 199 g/mol. The van der Waals surface area contributed by atoms with Gasteiger partial charge in [-0.05, 0) is 18.8 Å². The first kappa shape index (κ1) is 11.0. The minimum absolute atomic E-state index is 0.0515. The van der Waals surface area contributed by atoms with E-state index in [2.05, 4.69) is 5.32 Å². The number of amides is 1. The van der Waals surface area contributed by atoms with E-state index < -0.39 is 12.0 Å². The van der Waals surface area contributed by atoms with Crippen LogP contribution >= 0.6 is 0 Å². The second-order valence-corrected chi connectivity index (χ2v) is 4.20. The molecule has 0 aromatic rings. The van der Waals surface area contributed by atoms with Gasteiger partial charge < -0.3 is 10.4 Å². The zero-order valence-corrected chi connectivity index (χ0v) is 8.62. The first-order valence-electron chi connectivity index (χ1n) is 5.05. The van der Waals surface area contributed by atoms with E-state index in [0.29, 0.717) is 0 Å². The van der Waals surface area contributed by atoms with E-state index in [1.807, 2.05) is 0 Å². The fraction of sp³-hybridized carbons (Fsp3) is 0.800. The maximum Gasteiger partial charge on any atom is 0.326 e. The largest absolute Gasteiger partial charge is 0.480 e. The zero-order valence-electron chi connectivity index (χ0n) is 8.62. The van der Waals surface area contributed by atoms with Crippen LogP contribution in [0, 0.1) is 11.8 Å². The van der Waals surface area contributed by atoms with Gasteiger partial charge in [-0.15, -0.1) is 0 Å². The summed E-state index contributed by atoms with van der Waals surface area (Å²) >= 11 is 0. The van der Waals surface area contributed by atoms with E-state index >= 15 is 0 Å². The maximum absolute atomic E-state index is 11.5. The van der Waals surface area contributed by atoms with Crippen LogP contribution < -0.4 is 5.32 Å². The average Bonchev–Trinajstić information content (AvgIpc) is 1.95. The Labute approximate surface area is 83.7 Å². The van der Waals surface area contributed by atoms with Gasteiger partial charge in [-0.1, -0.05) is 20.3 Å². The molecule has 80 valence electrons. The molecule has 0 saturated heterocycles. The Bertz CT molecular complexity index is 234. The molecular weight excluding hydrogens is 182 g/mol. The quantitative estimate of drug-likeness (QED) is 0.710. The molecule has 0 aromatic carbocycles. The summed E-state index contributed by atoms with van der Waals surface area (Å²) < 4.78 is 0. The molecule has 1 atom stereocenters. The molecule has 1 fully saturated rings. The molecule has 1 aliphatic carbocycles. The molecule has 0 spiro atoms. The predicted molar refractivity (Wildman–Crippen MR) is 51.7 cm³/mol. The summed E-state index contributed by atoms with van der Waals surface area (Å²) in [5.41, 5.74) is 0. The molecule has 1 amide bonds. The van der Waals surface area contributed by atoms with E-state index in [9.17, 15) is 9.59 Å². The second kappa shape index (κ2) is 4.44. The van der Waals surface area contributed by atoms with Crippen LogP contribution in [-0.4, -0.2) is 23.0 Å². The number of carbonyl (C=O) groups excluding carboxylic acids is 1. The number of carboxylic acid groups (broad SMARTS) is 1. The Balaban J connectivity index is 2.46. The Kier molecular flexibility index (Phi) is 3.49. The average molecular weight is 199 g/mol. The Hall–Kier alpha value is -1.06. The fourth-order valence-electron chi connectivity index (χ4n) is 1.46. The van der Waals surface area contributed by atoms with Gasteiger partial charge in [0.2, 0.25) is 5.91 Å². The van der Waals surface area contributed by atoms with E-state index in [1.54, 1.807) is 13.8 Å². The fourth-order valence-corrected chi connectivity index (χ4v) is 1.46. The highest BCUT2D eigenvalue weighted by molar-refractivity contribution is 5.85. The van der Waals surface area contributed by atoms with Crippen LogP contribution in [0.1, 0.15) is 33.1 Å². The number of aliphatic carboxylic acids is 1. The highest BCUT2D eigenvalue weighted by Gasteiger charge is 2.30. The van der Waals surface area contributed by atoms with Crippen LogP contribution in [0.2, 0.25) is 0 Å². The molecule has 4 heteroatoms. The van der Waals surface area contributed by atoms with Crippen molar-refractivity contribution in [1.29, 1.82) is 0 Å². The van der Waals surface area contributed by atoms with Gasteiger partial charge in [0.25, 0.3) is 0 Å². The van der Waals surface area contributed by atoms with Crippen LogP contribution in [0.25, 0.3) is 0 Å². The van der Waals surface area contributed by atoms with Crippen LogP contribution in [0.4, 0.5) is 0 Å². The summed E-state index contributed by atoms with van der Waals surface area (Å²) in [5, 5.41) is 11.4. The maximum atomic E-state index is 11.5. The molecule has 0 bridgehead atoms. The van der Waals surface area contributed by atoms with Crippen LogP contribution in [-0.2, 0) is 9.59 Å². The molecule has 1 unspecified atom stereocenters. The lowest BCUT2D eigenvalue weighted by Gasteiger charge is -2.27. The molecular formula is C10H17NO3. The van der Waals surface area contributed by atoms with E-state index in [1.165, 1.54) is 0 Å². The molecule has 1 aliphatic rings. The van der Waals surface area contributed by atoms with E-state index in [0.717, 1.165) is 19.3 Å². The smallest absolute Gasteiger partial charge is 0.326 e. The van der Waals surface area contributed by atoms with Crippen molar-refractivity contribution in [3.05, 3.63) is 0 Å². The molecule has 14 heavy (non-hydrogen) atoms. The van der Waals surface area contributed by atoms with Gasteiger partial charge in [0.05, 0.1) is 0 Å². The lowest BCUT2D eigenvalue weighted by atomic mass is 9.84. The topological polar surface area (TPSA) is 66.4 Å². The molecule has 4 nitrogen and oxygen atoms in total. The molecule has 1 rings (SSSR count). The van der Waals surface area contributed by atoms with Crippen molar-refractivity contribution in [2.24, 2.45) is 11.8 Å². The van der Waals surface area contributed by atoms with Crippen molar-refractivity contribution in [1.82, 2.24) is 5.32 Å². The number of nitrogens with one attached hydrogen (secondary N) is 1. The van der Waals surface area contributed by atoms with Crippen molar-refractivity contribution >= 4 is 11.9 Å². The standard InChI is InChI=1S/C10H17NO3/c1-6(2)8(10(13)14)11-9(12)7-4-3-5-7/h6-8H,3-5H2,1-2H3,(H,11,12)(H,13,14). The van der Waals surface area contributed by atoms with Gasteiger partial charge in [-0.25, -0.2) is 4.79 Å². The molecule has 0 radical (unpaired) electrons. The molecule has 1 saturated carbocycles. The molecule has 0 aromatic heterocycles. The normalized spacial score (nSPS) is 18.8. The number of carbonyl (C=O) groups is 2. The Morgan fingerprint density at radius 1 is 1.36 bits per heavy atom. The summed E-state index contributed by atoms with van der Waals surface area (Å²) in [7, 11) is 0. The van der Waals surface area contributed by atoms with Crippen molar-refractivity contribution in [2.45, 2.75) is 39.2 Å². The van der Waals surface area contributed by atoms with Crippen molar-refractivity contribution in [2.75, 3.05) is 0 Å². The first-order chi connectivity index (χ1) is 6.52. The predicted octanol–water partition coefficient (Wildman–Crippen LogP) is 1.01. The van der Waals surface area contributed by atoms with Crippen LogP contribution in [0.5, 0.6) is 0 Å². The first-order valence-corrected chi connectivity index (χ1v) is 5.05. The summed E-state index contributed by atoms with van der Waals surface area (Å²) in [4.78, 5) is 22.3. The van der Waals surface area contributed by atoms with Gasteiger partial charge in [0.1, 0.15) is 6.04 Å². The summed E-state index contributed by atoms with van der Waals surface area (Å²) in [5.74, 6) is -1.07. The Morgan fingerprint density at radius 2 is 1.93 bits per heavy atom. The van der Waals surface area contributed by atoms with E-state index in [-0.39, 0.29) is 17.7 Å². The van der Waals surface area contributed by atoms with Crippen molar-refractivity contribution < 1.29 is 14.7 Å². The van der Waals surface area contributed by atoms with Gasteiger partial charge in [-0.2, -0.15) is 0 Å². The highest BCUT2D eigenvalue weighted by atomic mass is 16.4. The molecule has 0 heterocycles. The molecule has 0 aliphatic heterocycles. The number of rotatable bonds is 4. The minimum Gasteiger partial charge on any atom is -0.480 e. The zero-order chi connectivity index (χ0) is 10.7. The number of carboxylic acids is 1. The van der Waals surface area contributed by atoms with Crippen LogP contribution in [0.3, 0.4) is 0 Å². The lowest BCUT2D eigenvalue weighted by Crippen LogP contribution is -2.47.